The largest absolute Gasteiger partial charge is 0.483 e. The summed E-state index contributed by atoms with van der Waals surface area (Å²) in [6.45, 7) is 9.99. The van der Waals surface area contributed by atoms with E-state index in [1.165, 1.54) is 16.1 Å². The van der Waals surface area contributed by atoms with E-state index >= 15 is 0 Å². The van der Waals surface area contributed by atoms with Crippen LogP contribution in [0.15, 0.2) is 0 Å². The number of carboxylic acid groups (broad SMARTS) is 1. The van der Waals surface area contributed by atoms with Crippen molar-refractivity contribution in [3.8, 4) is 0 Å². The lowest BCUT2D eigenvalue weighted by Crippen LogP contribution is -1.73. The molecule has 0 radical (unpaired) electrons. The van der Waals surface area contributed by atoms with E-state index < -0.39 is 0 Å². The normalized spacial score (nSPS) is 7.46. The van der Waals surface area contributed by atoms with Crippen LogP contribution in [0.5, 0.6) is 0 Å². The van der Waals surface area contributed by atoms with E-state index in [1.807, 2.05) is 20.8 Å². The molecule has 0 aliphatic rings. The molecule has 0 unspecified atom stereocenters. The Hall–Kier alpha value is -0.900. The Morgan fingerprint density at radius 2 is 1.69 bits per heavy atom. The molecule has 76 valence electrons. The fourth-order valence-electron chi connectivity index (χ4n) is 0.529. The SMILES string of the molecule is CC.Cc1nsc(C)c1C.O=CO. The third-order valence-corrected chi connectivity index (χ3v) is 2.34. The molecule has 0 aromatic carbocycles. The van der Waals surface area contributed by atoms with Crippen molar-refractivity contribution in [2.45, 2.75) is 34.6 Å². The van der Waals surface area contributed by atoms with Crippen LogP contribution in [0.3, 0.4) is 0 Å². The predicted octanol–water partition coefficient (Wildman–Crippen LogP) is 2.80. The summed E-state index contributed by atoms with van der Waals surface area (Å²) in [6.07, 6.45) is 0. The molecule has 0 spiro atoms. The summed E-state index contributed by atoms with van der Waals surface area (Å²) < 4.78 is 4.16. The number of nitrogens with zero attached hydrogens (tertiary/aromatic N) is 1. The zero-order valence-electron chi connectivity index (χ0n) is 8.79. The van der Waals surface area contributed by atoms with Crippen LogP contribution in [0, 0.1) is 20.8 Å². The van der Waals surface area contributed by atoms with Crippen molar-refractivity contribution < 1.29 is 9.90 Å². The molecule has 4 heteroatoms. The molecule has 0 aliphatic heterocycles. The molecule has 0 bridgehead atoms. The average Bonchev–Trinajstić information content (AvgIpc) is 2.42. The van der Waals surface area contributed by atoms with E-state index in [4.69, 9.17) is 9.90 Å². The summed E-state index contributed by atoms with van der Waals surface area (Å²) in [6, 6.07) is 0. The maximum Gasteiger partial charge on any atom is 0.290 e. The highest BCUT2D eigenvalue weighted by atomic mass is 32.1. The molecule has 0 fully saturated rings. The van der Waals surface area contributed by atoms with Gasteiger partial charge >= 0.3 is 0 Å². The van der Waals surface area contributed by atoms with Crippen LogP contribution in [0.25, 0.3) is 0 Å². The highest BCUT2D eigenvalue weighted by molar-refractivity contribution is 7.05. The Labute approximate surface area is 83.6 Å². The highest BCUT2D eigenvalue weighted by Crippen LogP contribution is 2.14. The van der Waals surface area contributed by atoms with E-state index in [0.717, 1.165) is 0 Å². The monoisotopic (exact) mass is 203 g/mol. The molecule has 0 saturated heterocycles. The number of hydrogen-bond donors (Lipinski definition) is 1. The van der Waals surface area contributed by atoms with E-state index in [-0.39, 0.29) is 6.47 Å². The Morgan fingerprint density at radius 1 is 1.31 bits per heavy atom. The molecule has 0 atom stereocenters. The molecule has 3 nitrogen and oxygen atoms in total. The molecule has 0 saturated carbocycles. The molecule has 1 aromatic heterocycles. The number of aryl methyl sites for hydroxylation is 2. The van der Waals surface area contributed by atoms with Crippen molar-refractivity contribution in [1.82, 2.24) is 4.37 Å². The van der Waals surface area contributed by atoms with E-state index in [1.54, 1.807) is 11.5 Å². The first kappa shape index (κ1) is 14.6. The van der Waals surface area contributed by atoms with Crippen LogP contribution in [-0.2, 0) is 4.79 Å². The molecule has 1 heterocycles. The number of aromatic nitrogens is 1. The van der Waals surface area contributed by atoms with Gasteiger partial charge in [0.25, 0.3) is 6.47 Å². The zero-order valence-corrected chi connectivity index (χ0v) is 9.60. The topological polar surface area (TPSA) is 50.2 Å². The minimum absolute atomic E-state index is 0.250. The minimum Gasteiger partial charge on any atom is -0.483 e. The first-order chi connectivity index (χ1) is 6.13. The molecule has 1 aromatic rings. The smallest absolute Gasteiger partial charge is 0.290 e. The van der Waals surface area contributed by atoms with Gasteiger partial charge in [-0.05, 0) is 37.9 Å². The van der Waals surface area contributed by atoms with Gasteiger partial charge in [-0.3, -0.25) is 4.79 Å². The lowest BCUT2D eigenvalue weighted by Gasteiger charge is -1.83. The predicted molar refractivity (Wildman–Crippen MR) is 56.4 cm³/mol. The van der Waals surface area contributed by atoms with Gasteiger partial charge in [-0.1, -0.05) is 13.8 Å². The van der Waals surface area contributed by atoms with Crippen LogP contribution in [0.1, 0.15) is 30.0 Å². The Bertz CT molecular complexity index is 214. The van der Waals surface area contributed by atoms with Gasteiger partial charge in [-0.2, -0.15) is 4.37 Å². The maximum absolute atomic E-state index is 8.36. The molecule has 0 amide bonds. The standard InChI is InChI=1S/C6H9NS.C2H6.CH2O2/c1-4-5(2)7-8-6(4)3;1-2;2-1-3/h1-3H3;1-2H3;1H,(H,2,3). The molecule has 0 aliphatic carbocycles. The Kier molecular flexibility index (Phi) is 10.3. The molecular formula is C9H17NO2S. The van der Waals surface area contributed by atoms with E-state index in [9.17, 15) is 0 Å². The second-order valence-electron chi connectivity index (χ2n) is 2.05. The van der Waals surface area contributed by atoms with Crippen LogP contribution in [-0.4, -0.2) is 16.0 Å². The van der Waals surface area contributed by atoms with Crippen molar-refractivity contribution in [3.63, 3.8) is 0 Å². The van der Waals surface area contributed by atoms with Gasteiger partial charge in [0.15, 0.2) is 0 Å². The molecular weight excluding hydrogens is 186 g/mol. The van der Waals surface area contributed by atoms with Gasteiger partial charge < -0.3 is 5.11 Å². The van der Waals surface area contributed by atoms with Crippen molar-refractivity contribution in [3.05, 3.63) is 16.1 Å². The number of carbonyl (C=O) groups is 1. The second-order valence-corrected chi connectivity index (χ2v) is 3.03. The van der Waals surface area contributed by atoms with Crippen LogP contribution in [0.2, 0.25) is 0 Å². The Morgan fingerprint density at radius 3 is 1.77 bits per heavy atom. The zero-order chi connectivity index (χ0) is 10.9. The molecule has 1 rings (SSSR count). The van der Waals surface area contributed by atoms with Gasteiger partial charge in [-0.25, -0.2) is 0 Å². The van der Waals surface area contributed by atoms with Crippen LogP contribution < -0.4 is 0 Å². The fraction of sp³-hybridized carbons (Fsp3) is 0.556. The van der Waals surface area contributed by atoms with E-state index in [2.05, 4.69) is 18.2 Å². The summed E-state index contributed by atoms with van der Waals surface area (Å²) in [5, 5.41) is 6.89. The lowest BCUT2D eigenvalue weighted by atomic mass is 10.2. The van der Waals surface area contributed by atoms with Gasteiger partial charge in [0.2, 0.25) is 0 Å². The van der Waals surface area contributed by atoms with Crippen LogP contribution >= 0.6 is 11.5 Å². The first-order valence-corrected chi connectivity index (χ1v) is 4.88. The molecule has 13 heavy (non-hydrogen) atoms. The van der Waals surface area contributed by atoms with Crippen molar-refractivity contribution >= 4 is 18.0 Å². The lowest BCUT2D eigenvalue weighted by molar-refractivity contribution is -0.122. The van der Waals surface area contributed by atoms with Gasteiger partial charge in [0.1, 0.15) is 0 Å². The van der Waals surface area contributed by atoms with E-state index in [0.29, 0.717) is 0 Å². The van der Waals surface area contributed by atoms with Crippen molar-refractivity contribution in [1.29, 1.82) is 0 Å². The third kappa shape index (κ3) is 6.28. The van der Waals surface area contributed by atoms with Crippen molar-refractivity contribution in [2.75, 3.05) is 0 Å². The van der Waals surface area contributed by atoms with Gasteiger partial charge in [-0.15, -0.1) is 0 Å². The van der Waals surface area contributed by atoms with Gasteiger partial charge in [0, 0.05) is 4.88 Å². The maximum atomic E-state index is 8.36. The third-order valence-electron chi connectivity index (χ3n) is 1.39. The second kappa shape index (κ2) is 9.19. The highest BCUT2D eigenvalue weighted by Gasteiger charge is 1.97. The summed E-state index contributed by atoms with van der Waals surface area (Å²) >= 11 is 1.58. The van der Waals surface area contributed by atoms with Crippen molar-refractivity contribution in [2.24, 2.45) is 0 Å². The first-order valence-electron chi connectivity index (χ1n) is 4.10. The number of hydrogen-bond acceptors (Lipinski definition) is 3. The quantitative estimate of drug-likeness (QED) is 0.660. The fourth-order valence-corrected chi connectivity index (χ4v) is 1.22. The summed E-state index contributed by atoms with van der Waals surface area (Å²) in [7, 11) is 0. The van der Waals surface area contributed by atoms with Crippen LogP contribution in [0.4, 0.5) is 0 Å². The van der Waals surface area contributed by atoms with Gasteiger partial charge in [0.05, 0.1) is 5.69 Å². The average molecular weight is 203 g/mol. The summed E-state index contributed by atoms with van der Waals surface area (Å²) in [5.74, 6) is 0. The number of rotatable bonds is 0. The minimum atomic E-state index is -0.250. The Balaban J connectivity index is 0. The molecule has 1 N–H and O–H groups in total. The summed E-state index contributed by atoms with van der Waals surface area (Å²) in [4.78, 5) is 9.70. The summed E-state index contributed by atoms with van der Waals surface area (Å²) in [5.41, 5.74) is 2.52.